The fourth-order valence-electron chi connectivity index (χ4n) is 3.28. The summed E-state index contributed by atoms with van der Waals surface area (Å²) >= 11 is 0. The van der Waals surface area contributed by atoms with Crippen LogP contribution in [0.2, 0.25) is 0 Å². The summed E-state index contributed by atoms with van der Waals surface area (Å²) in [6.07, 6.45) is 0. The summed E-state index contributed by atoms with van der Waals surface area (Å²) in [6.45, 7) is 6.24. The van der Waals surface area contributed by atoms with E-state index in [4.69, 9.17) is 4.74 Å². The van der Waals surface area contributed by atoms with Crippen LogP contribution in [0.15, 0.2) is 77.7 Å². The Balaban J connectivity index is 1.82. The lowest BCUT2D eigenvalue weighted by Crippen LogP contribution is -2.41. The zero-order chi connectivity index (χ0) is 23.1. The molecule has 0 heterocycles. The third-order valence-electron chi connectivity index (χ3n) is 5.19. The molecule has 0 aromatic heterocycles. The van der Waals surface area contributed by atoms with E-state index in [1.165, 1.54) is 16.4 Å². The first-order valence-electron chi connectivity index (χ1n) is 10.5. The molecule has 1 amide bonds. The minimum Gasteiger partial charge on any atom is -0.494 e. The van der Waals surface area contributed by atoms with Gasteiger partial charge >= 0.3 is 0 Å². The van der Waals surface area contributed by atoms with Crippen LogP contribution in [0.5, 0.6) is 5.75 Å². The van der Waals surface area contributed by atoms with E-state index in [-0.39, 0.29) is 23.9 Å². The summed E-state index contributed by atoms with van der Waals surface area (Å²) in [7, 11) is -3.93. The van der Waals surface area contributed by atoms with Crippen molar-refractivity contribution in [2.75, 3.05) is 17.5 Å². The van der Waals surface area contributed by atoms with Gasteiger partial charge in [0.25, 0.3) is 10.0 Å². The summed E-state index contributed by atoms with van der Waals surface area (Å²) in [5.41, 5.74) is 3.15. The van der Waals surface area contributed by atoms with Gasteiger partial charge in [-0.3, -0.25) is 9.10 Å². The van der Waals surface area contributed by atoms with Crippen LogP contribution in [0, 0.1) is 13.8 Å². The number of sulfonamides is 1. The first kappa shape index (κ1) is 23.3. The minimum atomic E-state index is -3.93. The van der Waals surface area contributed by atoms with Gasteiger partial charge < -0.3 is 10.1 Å². The quantitative estimate of drug-likeness (QED) is 0.528. The molecule has 32 heavy (non-hydrogen) atoms. The van der Waals surface area contributed by atoms with Gasteiger partial charge in [-0.1, -0.05) is 42.5 Å². The van der Waals surface area contributed by atoms with Crippen molar-refractivity contribution in [3.63, 3.8) is 0 Å². The second-order valence-corrected chi connectivity index (χ2v) is 9.26. The highest BCUT2D eigenvalue weighted by Gasteiger charge is 2.28. The predicted octanol–water partition coefficient (Wildman–Crippen LogP) is 4.21. The number of nitrogens with one attached hydrogen (secondary N) is 1. The monoisotopic (exact) mass is 452 g/mol. The SMILES string of the molecule is CCOc1ccc(CNC(=O)CN(c2cccc(C)c2C)S(=O)(=O)c2ccccc2)cc1. The van der Waals surface area contributed by atoms with Gasteiger partial charge in [-0.15, -0.1) is 0 Å². The summed E-state index contributed by atoms with van der Waals surface area (Å²) in [4.78, 5) is 12.9. The average Bonchev–Trinajstić information content (AvgIpc) is 2.80. The minimum absolute atomic E-state index is 0.139. The van der Waals surface area contributed by atoms with Crippen LogP contribution >= 0.6 is 0 Å². The molecule has 0 radical (unpaired) electrons. The molecule has 0 fully saturated rings. The first-order chi connectivity index (χ1) is 15.3. The second-order valence-electron chi connectivity index (χ2n) is 7.40. The van der Waals surface area contributed by atoms with Gasteiger partial charge in [-0.05, 0) is 67.8 Å². The van der Waals surface area contributed by atoms with Crippen LogP contribution in [0.25, 0.3) is 0 Å². The molecule has 0 saturated heterocycles. The van der Waals surface area contributed by atoms with E-state index in [1.807, 2.05) is 51.1 Å². The highest BCUT2D eigenvalue weighted by Crippen LogP contribution is 2.28. The van der Waals surface area contributed by atoms with Gasteiger partial charge in [-0.25, -0.2) is 8.42 Å². The van der Waals surface area contributed by atoms with Gasteiger partial charge in [0.15, 0.2) is 0 Å². The maximum absolute atomic E-state index is 13.4. The Morgan fingerprint density at radius 2 is 1.62 bits per heavy atom. The molecule has 0 aliphatic heterocycles. The van der Waals surface area contributed by atoms with E-state index < -0.39 is 10.0 Å². The summed E-state index contributed by atoms with van der Waals surface area (Å²) in [5.74, 6) is 0.372. The van der Waals surface area contributed by atoms with Gasteiger partial charge in [-0.2, -0.15) is 0 Å². The van der Waals surface area contributed by atoms with Crippen molar-refractivity contribution in [3.8, 4) is 5.75 Å². The number of carbonyl (C=O) groups excluding carboxylic acids is 1. The van der Waals surface area contributed by atoms with Crippen LogP contribution in [0.4, 0.5) is 5.69 Å². The molecule has 6 nitrogen and oxygen atoms in total. The molecule has 168 valence electrons. The summed E-state index contributed by atoms with van der Waals surface area (Å²) < 4.78 is 33.5. The number of amides is 1. The van der Waals surface area contributed by atoms with Crippen LogP contribution < -0.4 is 14.4 Å². The van der Waals surface area contributed by atoms with Crippen molar-refractivity contribution in [1.29, 1.82) is 0 Å². The fraction of sp³-hybridized carbons (Fsp3) is 0.240. The zero-order valence-electron chi connectivity index (χ0n) is 18.5. The molecular weight excluding hydrogens is 424 g/mol. The number of ether oxygens (including phenoxy) is 1. The molecule has 3 rings (SSSR count). The third-order valence-corrected chi connectivity index (χ3v) is 6.96. The number of aryl methyl sites for hydroxylation is 1. The highest BCUT2D eigenvalue weighted by atomic mass is 32.2. The van der Waals surface area contributed by atoms with Crippen LogP contribution in [0.1, 0.15) is 23.6 Å². The Morgan fingerprint density at radius 1 is 0.938 bits per heavy atom. The molecule has 3 aromatic carbocycles. The van der Waals surface area contributed by atoms with Gasteiger partial charge in [0.2, 0.25) is 5.91 Å². The molecule has 0 spiro atoms. The molecule has 7 heteroatoms. The lowest BCUT2D eigenvalue weighted by Gasteiger charge is -2.26. The van der Waals surface area contributed by atoms with Crippen molar-refractivity contribution in [3.05, 3.63) is 89.5 Å². The van der Waals surface area contributed by atoms with Crippen molar-refractivity contribution >= 4 is 21.6 Å². The van der Waals surface area contributed by atoms with Crippen LogP contribution in [-0.2, 0) is 21.4 Å². The second kappa shape index (κ2) is 10.3. The van der Waals surface area contributed by atoms with Crippen molar-refractivity contribution in [2.45, 2.75) is 32.2 Å². The largest absolute Gasteiger partial charge is 0.494 e. The molecule has 0 aliphatic rings. The van der Waals surface area contributed by atoms with Crippen LogP contribution in [0.3, 0.4) is 0 Å². The molecular formula is C25H28N2O4S. The normalized spacial score (nSPS) is 11.1. The standard InChI is InChI=1S/C25H28N2O4S/c1-4-31-22-15-13-21(14-16-22)17-26-25(28)18-27(24-12-8-9-19(2)20(24)3)32(29,30)23-10-6-5-7-11-23/h5-16H,4,17-18H2,1-3H3,(H,26,28). The van der Waals surface area contributed by atoms with E-state index in [1.54, 1.807) is 30.3 Å². The van der Waals surface area contributed by atoms with E-state index >= 15 is 0 Å². The third kappa shape index (κ3) is 5.48. The summed E-state index contributed by atoms with van der Waals surface area (Å²) in [5, 5.41) is 2.82. The lowest BCUT2D eigenvalue weighted by atomic mass is 10.1. The van der Waals surface area contributed by atoms with E-state index in [0.717, 1.165) is 22.4 Å². The molecule has 1 N–H and O–H groups in total. The van der Waals surface area contributed by atoms with E-state index in [2.05, 4.69) is 5.32 Å². The number of hydrogen-bond acceptors (Lipinski definition) is 4. The van der Waals surface area contributed by atoms with Crippen molar-refractivity contribution in [1.82, 2.24) is 5.32 Å². The Morgan fingerprint density at radius 3 is 2.28 bits per heavy atom. The van der Waals surface area contributed by atoms with Crippen LogP contribution in [-0.4, -0.2) is 27.5 Å². The van der Waals surface area contributed by atoms with Crippen molar-refractivity contribution < 1.29 is 17.9 Å². The smallest absolute Gasteiger partial charge is 0.264 e. The molecule has 0 atom stereocenters. The molecule has 3 aromatic rings. The topological polar surface area (TPSA) is 75.7 Å². The zero-order valence-corrected chi connectivity index (χ0v) is 19.4. The maximum Gasteiger partial charge on any atom is 0.264 e. The lowest BCUT2D eigenvalue weighted by molar-refractivity contribution is -0.119. The van der Waals surface area contributed by atoms with E-state index in [0.29, 0.717) is 12.3 Å². The Hall–Kier alpha value is -3.32. The Kier molecular flexibility index (Phi) is 7.53. The number of nitrogens with zero attached hydrogens (tertiary/aromatic N) is 1. The van der Waals surface area contributed by atoms with Gasteiger partial charge in [0.1, 0.15) is 12.3 Å². The molecule has 0 aliphatic carbocycles. The Labute approximate surface area is 189 Å². The first-order valence-corrected chi connectivity index (χ1v) is 11.9. The summed E-state index contributed by atoms with van der Waals surface area (Å²) in [6, 6.07) is 21.0. The number of anilines is 1. The molecule has 0 bridgehead atoms. The number of benzene rings is 3. The highest BCUT2D eigenvalue weighted by molar-refractivity contribution is 7.92. The van der Waals surface area contributed by atoms with E-state index in [9.17, 15) is 13.2 Å². The number of hydrogen-bond donors (Lipinski definition) is 1. The maximum atomic E-state index is 13.4. The number of rotatable bonds is 9. The molecule has 0 unspecified atom stereocenters. The number of carbonyl (C=O) groups is 1. The predicted molar refractivity (Wildman–Crippen MR) is 126 cm³/mol. The molecule has 0 saturated carbocycles. The van der Waals surface area contributed by atoms with Gasteiger partial charge in [0.05, 0.1) is 17.2 Å². The average molecular weight is 453 g/mol. The van der Waals surface area contributed by atoms with Crippen molar-refractivity contribution in [2.24, 2.45) is 0 Å². The Bertz CT molecular complexity index is 1160. The fourth-order valence-corrected chi connectivity index (χ4v) is 4.78. The van der Waals surface area contributed by atoms with Gasteiger partial charge in [0, 0.05) is 6.54 Å².